The zero-order valence-corrected chi connectivity index (χ0v) is 18.6. The fraction of sp³-hybridized carbons (Fsp3) is 0.250. The van der Waals surface area contributed by atoms with E-state index in [1.54, 1.807) is 4.90 Å². The smallest absolute Gasteiger partial charge is 0.278 e. The van der Waals surface area contributed by atoms with Crippen LogP contribution in [0.1, 0.15) is 40.5 Å². The van der Waals surface area contributed by atoms with Crippen LogP contribution < -0.4 is 10.5 Å². The molecule has 0 radical (unpaired) electrons. The second kappa shape index (κ2) is 8.81. The van der Waals surface area contributed by atoms with Gasteiger partial charge in [0.2, 0.25) is 0 Å². The molecule has 158 valence electrons. The Morgan fingerprint density at radius 3 is 2.61 bits per heavy atom. The number of aromatic nitrogens is 3. The van der Waals surface area contributed by atoms with Crippen molar-refractivity contribution in [3.8, 4) is 0 Å². The van der Waals surface area contributed by atoms with Crippen molar-refractivity contribution >= 4 is 32.6 Å². The van der Waals surface area contributed by atoms with Crippen LogP contribution in [0.4, 0.5) is 5.13 Å². The summed E-state index contributed by atoms with van der Waals surface area (Å²) >= 11 is 1.50. The Hall–Kier alpha value is -3.32. The van der Waals surface area contributed by atoms with Crippen molar-refractivity contribution < 1.29 is 4.79 Å². The zero-order valence-electron chi connectivity index (χ0n) is 17.8. The van der Waals surface area contributed by atoms with Crippen molar-refractivity contribution in [3.05, 3.63) is 87.3 Å². The van der Waals surface area contributed by atoms with Gasteiger partial charge in [0, 0.05) is 12.6 Å². The van der Waals surface area contributed by atoms with E-state index in [1.807, 2.05) is 50.2 Å². The Morgan fingerprint density at radius 2 is 1.87 bits per heavy atom. The Bertz CT molecular complexity index is 1290. The lowest BCUT2D eigenvalue weighted by molar-refractivity contribution is 0.0977. The van der Waals surface area contributed by atoms with Crippen molar-refractivity contribution in [2.75, 3.05) is 4.90 Å². The van der Waals surface area contributed by atoms with E-state index < -0.39 is 0 Å². The number of rotatable bonds is 6. The minimum atomic E-state index is -0.276. The Labute approximate surface area is 184 Å². The average molecular weight is 433 g/mol. The number of thiazole rings is 1. The van der Waals surface area contributed by atoms with Crippen molar-refractivity contribution in [2.24, 2.45) is 0 Å². The Balaban J connectivity index is 1.80. The molecule has 2 heterocycles. The molecule has 0 aliphatic carbocycles. The van der Waals surface area contributed by atoms with E-state index in [9.17, 15) is 9.59 Å². The van der Waals surface area contributed by atoms with Gasteiger partial charge in [0.05, 0.1) is 16.8 Å². The van der Waals surface area contributed by atoms with Crippen molar-refractivity contribution in [2.45, 2.75) is 40.3 Å². The lowest BCUT2D eigenvalue weighted by Crippen LogP contribution is -2.33. The minimum absolute atomic E-state index is 0.209. The monoisotopic (exact) mass is 432 g/mol. The number of carbonyl (C=O) groups excluding carboxylic acids is 1. The summed E-state index contributed by atoms with van der Waals surface area (Å²) in [5.74, 6) is -0.276. The molecular weight excluding hydrogens is 408 g/mol. The highest BCUT2D eigenvalue weighted by atomic mass is 32.1. The molecule has 6 nitrogen and oxygen atoms in total. The number of benzene rings is 2. The fourth-order valence-corrected chi connectivity index (χ4v) is 4.56. The SMILES string of the molecule is CCCn1nc(C(=O)N(Cc2ccccc2)c2nc3cc(C)cc(C)c3s2)ccc1=O. The van der Waals surface area contributed by atoms with Gasteiger partial charge in [-0.1, -0.05) is 54.7 Å². The van der Waals surface area contributed by atoms with Crippen molar-refractivity contribution in [3.63, 3.8) is 0 Å². The van der Waals surface area contributed by atoms with Gasteiger partial charge in [-0.05, 0) is 49.1 Å². The van der Waals surface area contributed by atoms with Crippen LogP contribution in [0.2, 0.25) is 0 Å². The molecular formula is C24H24N4O2S. The van der Waals surface area contributed by atoms with E-state index in [1.165, 1.54) is 28.2 Å². The third-order valence-corrected chi connectivity index (χ3v) is 6.22. The normalized spacial score (nSPS) is 11.1. The third-order valence-electron chi connectivity index (χ3n) is 4.99. The van der Waals surface area contributed by atoms with Crippen LogP contribution in [-0.4, -0.2) is 20.7 Å². The van der Waals surface area contributed by atoms with Gasteiger partial charge >= 0.3 is 0 Å². The van der Waals surface area contributed by atoms with E-state index >= 15 is 0 Å². The number of amides is 1. The molecule has 0 aliphatic rings. The molecule has 0 unspecified atom stereocenters. The van der Waals surface area contributed by atoms with Crippen LogP contribution in [0.5, 0.6) is 0 Å². The maximum absolute atomic E-state index is 13.6. The number of aryl methyl sites for hydroxylation is 3. The topological polar surface area (TPSA) is 68.1 Å². The Kier molecular flexibility index (Phi) is 5.95. The van der Waals surface area contributed by atoms with E-state index in [4.69, 9.17) is 4.98 Å². The van der Waals surface area contributed by atoms with Gasteiger partial charge in [-0.2, -0.15) is 5.10 Å². The van der Waals surface area contributed by atoms with Gasteiger partial charge < -0.3 is 0 Å². The van der Waals surface area contributed by atoms with Gasteiger partial charge in [0.25, 0.3) is 11.5 Å². The molecule has 0 saturated carbocycles. The molecule has 0 atom stereocenters. The molecule has 0 N–H and O–H groups in total. The van der Waals surface area contributed by atoms with Crippen molar-refractivity contribution in [1.29, 1.82) is 0 Å². The quantitative estimate of drug-likeness (QED) is 0.442. The summed E-state index contributed by atoms with van der Waals surface area (Å²) in [4.78, 5) is 32.1. The molecule has 1 amide bonds. The van der Waals surface area contributed by atoms with Crippen LogP contribution >= 0.6 is 11.3 Å². The maximum Gasteiger partial charge on any atom is 0.280 e. The molecule has 0 aliphatic heterocycles. The van der Waals surface area contributed by atoms with E-state index in [-0.39, 0.29) is 17.2 Å². The average Bonchev–Trinajstić information content (AvgIpc) is 3.18. The maximum atomic E-state index is 13.6. The molecule has 0 saturated heterocycles. The zero-order chi connectivity index (χ0) is 22.0. The minimum Gasteiger partial charge on any atom is -0.278 e. The van der Waals surface area contributed by atoms with Gasteiger partial charge in [-0.3, -0.25) is 14.5 Å². The lowest BCUT2D eigenvalue weighted by Gasteiger charge is -2.20. The first-order valence-electron chi connectivity index (χ1n) is 10.3. The molecule has 0 spiro atoms. The van der Waals surface area contributed by atoms with Crippen LogP contribution in [0.15, 0.2) is 59.4 Å². The van der Waals surface area contributed by atoms with Gasteiger partial charge in [-0.25, -0.2) is 9.67 Å². The highest BCUT2D eigenvalue weighted by molar-refractivity contribution is 7.22. The Morgan fingerprint density at radius 1 is 1.10 bits per heavy atom. The summed E-state index contributed by atoms with van der Waals surface area (Å²) in [5, 5.41) is 4.94. The first-order chi connectivity index (χ1) is 15.0. The summed E-state index contributed by atoms with van der Waals surface area (Å²) in [6, 6.07) is 16.9. The van der Waals surface area contributed by atoms with Crippen LogP contribution in [0.25, 0.3) is 10.2 Å². The van der Waals surface area contributed by atoms with Crippen LogP contribution in [0.3, 0.4) is 0 Å². The molecule has 7 heteroatoms. The van der Waals surface area contributed by atoms with Gasteiger partial charge in [0.15, 0.2) is 5.13 Å². The predicted octanol–water partition coefficient (Wildman–Crippen LogP) is 4.73. The summed E-state index contributed by atoms with van der Waals surface area (Å²) in [7, 11) is 0. The van der Waals surface area contributed by atoms with Gasteiger partial charge in [-0.15, -0.1) is 0 Å². The van der Waals surface area contributed by atoms with E-state index in [0.29, 0.717) is 18.2 Å². The number of anilines is 1. The highest BCUT2D eigenvalue weighted by Gasteiger charge is 2.24. The lowest BCUT2D eigenvalue weighted by atomic mass is 10.1. The first-order valence-corrected chi connectivity index (χ1v) is 11.1. The molecule has 0 fully saturated rings. The molecule has 4 aromatic rings. The molecule has 4 rings (SSSR count). The summed E-state index contributed by atoms with van der Waals surface area (Å²) in [5.41, 5.74) is 4.17. The summed E-state index contributed by atoms with van der Waals surface area (Å²) in [6.07, 6.45) is 0.759. The van der Waals surface area contributed by atoms with E-state index in [2.05, 4.69) is 18.1 Å². The number of nitrogens with zero attached hydrogens (tertiary/aromatic N) is 4. The highest BCUT2D eigenvalue weighted by Crippen LogP contribution is 2.33. The van der Waals surface area contributed by atoms with E-state index in [0.717, 1.165) is 33.3 Å². The molecule has 2 aromatic heterocycles. The van der Waals surface area contributed by atoms with Crippen molar-refractivity contribution in [1.82, 2.24) is 14.8 Å². The third kappa shape index (κ3) is 4.41. The van der Waals surface area contributed by atoms with Crippen LogP contribution in [0, 0.1) is 13.8 Å². The van der Waals surface area contributed by atoms with Crippen LogP contribution in [-0.2, 0) is 13.1 Å². The fourth-order valence-electron chi connectivity index (χ4n) is 3.55. The number of carbonyl (C=O) groups is 1. The standard InChI is InChI=1S/C24H24N4O2S/c1-4-12-28-21(29)11-10-19(26-28)23(30)27(15-18-8-6-5-7-9-18)24-25-20-14-16(2)13-17(3)22(20)31-24/h5-11,13-14H,4,12,15H2,1-3H3. The largest absolute Gasteiger partial charge is 0.280 e. The number of fused-ring (bicyclic) bond motifs is 1. The molecule has 31 heavy (non-hydrogen) atoms. The first kappa shape index (κ1) is 20.9. The van der Waals surface area contributed by atoms with Gasteiger partial charge in [0.1, 0.15) is 5.69 Å². The number of hydrogen-bond acceptors (Lipinski definition) is 5. The molecule has 2 aromatic carbocycles. The summed E-state index contributed by atoms with van der Waals surface area (Å²) in [6.45, 7) is 6.90. The summed E-state index contributed by atoms with van der Waals surface area (Å²) < 4.78 is 2.41. The molecule has 0 bridgehead atoms. The predicted molar refractivity (Wildman–Crippen MR) is 125 cm³/mol. The number of hydrogen-bond donors (Lipinski definition) is 0. The second-order valence-electron chi connectivity index (χ2n) is 7.58. The second-order valence-corrected chi connectivity index (χ2v) is 8.56.